The van der Waals surface area contributed by atoms with Gasteiger partial charge in [0, 0.05) is 24.8 Å². The Bertz CT molecular complexity index is 373. The molecule has 0 bridgehead atoms. The highest BCUT2D eigenvalue weighted by Crippen LogP contribution is 2.23. The molecule has 0 aliphatic carbocycles. The summed E-state index contributed by atoms with van der Waals surface area (Å²) in [4.78, 5) is 2.65. The summed E-state index contributed by atoms with van der Waals surface area (Å²) >= 11 is 0. The molecular formula is C16H26N2. The zero-order chi connectivity index (χ0) is 13.0. The van der Waals surface area contributed by atoms with E-state index >= 15 is 0 Å². The van der Waals surface area contributed by atoms with E-state index in [0.717, 1.165) is 25.0 Å². The normalized spacial score (nSPS) is 20.6. The number of aryl methyl sites for hydroxylation is 1. The highest BCUT2D eigenvalue weighted by Gasteiger charge is 2.26. The number of likely N-dealkylation sites (tertiary alicyclic amines) is 1. The smallest absolute Gasteiger partial charge is 0.0370 e. The van der Waals surface area contributed by atoms with Crippen LogP contribution in [-0.2, 0) is 0 Å². The molecule has 18 heavy (non-hydrogen) atoms. The highest BCUT2D eigenvalue weighted by atomic mass is 15.2. The van der Waals surface area contributed by atoms with Gasteiger partial charge in [0.05, 0.1) is 0 Å². The third-order valence-corrected chi connectivity index (χ3v) is 4.04. The SMILES string of the molecule is Cc1ccccc1NCCN1CCCC1C(C)C. The van der Waals surface area contributed by atoms with Gasteiger partial charge in [0.2, 0.25) is 0 Å². The molecule has 0 aromatic heterocycles. The largest absolute Gasteiger partial charge is 0.384 e. The van der Waals surface area contributed by atoms with Gasteiger partial charge in [-0.25, -0.2) is 0 Å². The summed E-state index contributed by atoms with van der Waals surface area (Å²) < 4.78 is 0. The van der Waals surface area contributed by atoms with Crippen LogP contribution in [0.5, 0.6) is 0 Å². The topological polar surface area (TPSA) is 15.3 Å². The van der Waals surface area contributed by atoms with E-state index in [4.69, 9.17) is 0 Å². The van der Waals surface area contributed by atoms with Crippen molar-refractivity contribution in [2.24, 2.45) is 5.92 Å². The minimum atomic E-state index is 0.783. The summed E-state index contributed by atoms with van der Waals surface area (Å²) in [7, 11) is 0. The van der Waals surface area contributed by atoms with E-state index < -0.39 is 0 Å². The first-order valence-electron chi connectivity index (χ1n) is 7.22. The number of nitrogens with one attached hydrogen (secondary N) is 1. The average molecular weight is 246 g/mol. The van der Waals surface area contributed by atoms with Crippen LogP contribution >= 0.6 is 0 Å². The summed E-state index contributed by atoms with van der Waals surface area (Å²) in [6.45, 7) is 10.3. The molecule has 1 aliphatic heterocycles. The minimum Gasteiger partial charge on any atom is -0.384 e. The van der Waals surface area contributed by atoms with Gasteiger partial charge in [-0.2, -0.15) is 0 Å². The quantitative estimate of drug-likeness (QED) is 0.855. The fourth-order valence-corrected chi connectivity index (χ4v) is 2.99. The molecule has 1 aliphatic rings. The summed E-state index contributed by atoms with van der Waals surface area (Å²) in [6.07, 6.45) is 2.75. The number of anilines is 1. The fourth-order valence-electron chi connectivity index (χ4n) is 2.99. The molecule has 0 amide bonds. The molecule has 0 spiro atoms. The second-order valence-corrected chi connectivity index (χ2v) is 5.73. The van der Waals surface area contributed by atoms with Gasteiger partial charge in [0.1, 0.15) is 0 Å². The monoisotopic (exact) mass is 246 g/mol. The van der Waals surface area contributed by atoms with E-state index in [9.17, 15) is 0 Å². The number of nitrogens with zero attached hydrogens (tertiary/aromatic N) is 1. The van der Waals surface area contributed by atoms with E-state index in [1.54, 1.807) is 0 Å². The Balaban J connectivity index is 1.80. The Labute approximate surface area is 111 Å². The van der Waals surface area contributed by atoms with Crippen LogP contribution in [0.3, 0.4) is 0 Å². The van der Waals surface area contributed by atoms with Gasteiger partial charge in [-0.1, -0.05) is 32.0 Å². The molecule has 100 valence electrons. The zero-order valence-electron chi connectivity index (χ0n) is 11.9. The Morgan fingerprint density at radius 2 is 2.11 bits per heavy atom. The van der Waals surface area contributed by atoms with Gasteiger partial charge < -0.3 is 5.32 Å². The third kappa shape index (κ3) is 3.26. The Hall–Kier alpha value is -1.02. The maximum Gasteiger partial charge on any atom is 0.0370 e. The molecule has 1 aromatic carbocycles. The van der Waals surface area contributed by atoms with Crippen molar-refractivity contribution in [1.29, 1.82) is 0 Å². The second kappa shape index (κ2) is 6.24. The van der Waals surface area contributed by atoms with E-state index in [2.05, 4.69) is 55.3 Å². The van der Waals surface area contributed by atoms with Crippen molar-refractivity contribution in [2.45, 2.75) is 39.7 Å². The molecule has 0 radical (unpaired) electrons. The van der Waals surface area contributed by atoms with Crippen LogP contribution in [0.15, 0.2) is 24.3 Å². The first kappa shape index (κ1) is 13.4. The lowest BCUT2D eigenvalue weighted by Gasteiger charge is -2.27. The number of rotatable bonds is 5. The Morgan fingerprint density at radius 1 is 1.33 bits per heavy atom. The molecule has 2 nitrogen and oxygen atoms in total. The maximum absolute atomic E-state index is 3.56. The van der Waals surface area contributed by atoms with Crippen molar-refractivity contribution < 1.29 is 0 Å². The van der Waals surface area contributed by atoms with Crippen LogP contribution in [0.2, 0.25) is 0 Å². The second-order valence-electron chi connectivity index (χ2n) is 5.73. The van der Waals surface area contributed by atoms with Crippen molar-refractivity contribution in [2.75, 3.05) is 25.0 Å². The van der Waals surface area contributed by atoms with Crippen LogP contribution in [-0.4, -0.2) is 30.6 Å². The summed E-state index contributed by atoms with van der Waals surface area (Å²) in [5.41, 5.74) is 2.61. The predicted octanol–water partition coefficient (Wildman–Crippen LogP) is 3.53. The fraction of sp³-hybridized carbons (Fsp3) is 0.625. The Morgan fingerprint density at radius 3 is 2.83 bits per heavy atom. The molecule has 1 saturated heterocycles. The lowest BCUT2D eigenvalue weighted by atomic mass is 10.0. The van der Waals surface area contributed by atoms with Crippen LogP contribution in [0.25, 0.3) is 0 Å². The number of hydrogen-bond acceptors (Lipinski definition) is 2. The van der Waals surface area contributed by atoms with Crippen LogP contribution in [0, 0.1) is 12.8 Å². The van der Waals surface area contributed by atoms with E-state index in [1.807, 2.05) is 0 Å². The van der Waals surface area contributed by atoms with Crippen LogP contribution in [0.4, 0.5) is 5.69 Å². The van der Waals surface area contributed by atoms with Crippen molar-refractivity contribution in [3.63, 3.8) is 0 Å². The van der Waals surface area contributed by atoms with Gasteiger partial charge in [0.15, 0.2) is 0 Å². The van der Waals surface area contributed by atoms with Gasteiger partial charge >= 0.3 is 0 Å². The number of hydrogen-bond donors (Lipinski definition) is 1. The van der Waals surface area contributed by atoms with Crippen molar-refractivity contribution in [3.05, 3.63) is 29.8 Å². The standard InChI is InChI=1S/C16H26N2/c1-13(2)16-9-6-11-18(16)12-10-17-15-8-5-4-7-14(15)3/h4-5,7-8,13,16-17H,6,9-12H2,1-3H3. The van der Waals surface area contributed by atoms with E-state index in [-0.39, 0.29) is 0 Å². The van der Waals surface area contributed by atoms with Crippen molar-refractivity contribution in [3.8, 4) is 0 Å². The van der Waals surface area contributed by atoms with Crippen molar-refractivity contribution >= 4 is 5.69 Å². The van der Waals surface area contributed by atoms with Crippen LogP contribution in [0.1, 0.15) is 32.3 Å². The molecule has 2 heteroatoms. The molecule has 1 N–H and O–H groups in total. The van der Waals surface area contributed by atoms with Gasteiger partial charge in [-0.15, -0.1) is 0 Å². The molecule has 1 unspecified atom stereocenters. The van der Waals surface area contributed by atoms with Crippen molar-refractivity contribution in [1.82, 2.24) is 4.90 Å². The first-order chi connectivity index (χ1) is 8.68. The lowest BCUT2D eigenvalue weighted by Crippen LogP contribution is -2.36. The Kier molecular flexibility index (Phi) is 4.65. The molecule has 1 aromatic rings. The molecule has 1 heterocycles. The van der Waals surface area contributed by atoms with Gasteiger partial charge in [0.25, 0.3) is 0 Å². The zero-order valence-corrected chi connectivity index (χ0v) is 11.9. The minimum absolute atomic E-state index is 0.783. The predicted molar refractivity (Wildman–Crippen MR) is 79.1 cm³/mol. The number of para-hydroxylation sites is 1. The first-order valence-corrected chi connectivity index (χ1v) is 7.22. The van der Waals surface area contributed by atoms with E-state index in [0.29, 0.717) is 0 Å². The molecule has 1 fully saturated rings. The summed E-state index contributed by atoms with van der Waals surface area (Å²) in [6, 6.07) is 9.32. The highest BCUT2D eigenvalue weighted by molar-refractivity contribution is 5.50. The number of benzene rings is 1. The van der Waals surface area contributed by atoms with Crippen LogP contribution < -0.4 is 5.32 Å². The summed E-state index contributed by atoms with van der Waals surface area (Å²) in [5, 5.41) is 3.56. The molecule has 0 saturated carbocycles. The molecular weight excluding hydrogens is 220 g/mol. The lowest BCUT2D eigenvalue weighted by molar-refractivity contribution is 0.214. The third-order valence-electron chi connectivity index (χ3n) is 4.04. The van der Waals surface area contributed by atoms with Gasteiger partial charge in [-0.05, 0) is 43.9 Å². The van der Waals surface area contributed by atoms with Gasteiger partial charge in [-0.3, -0.25) is 4.90 Å². The van der Waals surface area contributed by atoms with E-state index in [1.165, 1.54) is 30.6 Å². The molecule has 2 rings (SSSR count). The average Bonchev–Trinajstić information content (AvgIpc) is 2.80. The maximum atomic E-state index is 3.56. The molecule has 1 atom stereocenters. The summed E-state index contributed by atoms with van der Waals surface area (Å²) in [5.74, 6) is 0.783.